The Labute approximate surface area is 160 Å². The number of anilines is 2. The largest absolute Gasteiger partial charge is 0.324 e. The minimum atomic E-state index is -3.65. The maximum absolute atomic E-state index is 12.7. The Bertz CT molecular complexity index is 922. The van der Waals surface area contributed by atoms with Crippen LogP contribution in [0.15, 0.2) is 36.4 Å². The van der Waals surface area contributed by atoms with Crippen molar-refractivity contribution < 1.29 is 13.2 Å². The first-order valence-electron chi connectivity index (χ1n) is 8.14. The molecule has 26 heavy (non-hydrogen) atoms. The molecule has 0 aliphatic heterocycles. The molecule has 1 amide bonds. The maximum Gasteiger partial charge on any atom is 0.248 e. The zero-order chi connectivity index (χ0) is 19.6. The zero-order valence-corrected chi connectivity index (χ0v) is 17.1. The van der Waals surface area contributed by atoms with E-state index in [1.165, 1.54) is 0 Å². The monoisotopic (exact) mass is 394 g/mol. The van der Waals surface area contributed by atoms with E-state index >= 15 is 0 Å². The summed E-state index contributed by atoms with van der Waals surface area (Å²) in [5, 5.41) is 3.36. The summed E-state index contributed by atoms with van der Waals surface area (Å²) in [5.74, 6) is -0.417. The standard InChI is InChI=1S/C19H23ClN2O3S/c1-12-8-13(2)10-17(9-12)22(26(5,24)25)15(4)19(23)21-18-7-6-16(20)11-14(18)3/h6-11,15H,1-5H3,(H,21,23)/t15-/m1/s1. The molecule has 5 nitrogen and oxygen atoms in total. The fraction of sp³-hybridized carbons (Fsp3) is 0.316. The summed E-state index contributed by atoms with van der Waals surface area (Å²) in [7, 11) is -3.65. The van der Waals surface area contributed by atoms with Crippen molar-refractivity contribution in [2.75, 3.05) is 15.9 Å². The normalized spacial score (nSPS) is 12.5. The highest BCUT2D eigenvalue weighted by Gasteiger charge is 2.29. The third-order valence-corrected chi connectivity index (χ3v) is 5.47. The number of aryl methyl sites for hydroxylation is 3. The van der Waals surface area contributed by atoms with Crippen LogP contribution in [0.3, 0.4) is 0 Å². The molecule has 0 spiro atoms. The number of sulfonamides is 1. The van der Waals surface area contributed by atoms with Gasteiger partial charge in [0.1, 0.15) is 6.04 Å². The van der Waals surface area contributed by atoms with Gasteiger partial charge in [0.2, 0.25) is 15.9 Å². The van der Waals surface area contributed by atoms with Crippen LogP contribution in [0.4, 0.5) is 11.4 Å². The first-order valence-corrected chi connectivity index (χ1v) is 10.4. The van der Waals surface area contributed by atoms with Crippen molar-refractivity contribution >= 4 is 38.9 Å². The number of nitrogens with one attached hydrogen (secondary N) is 1. The fourth-order valence-corrected chi connectivity index (χ4v) is 4.28. The van der Waals surface area contributed by atoms with Gasteiger partial charge >= 0.3 is 0 Å². The van der Waals surface area contributed by atoms with Crippen molar-refractivity contribution in [3.8, 4) is 0 Å². The Morgan fingerprint density at radius 2 is 1.65 bits per heavy atom. The van der Waals surface area contributed by atoms with Gasteiger partial charge in [0.05, 0.1) is 11.9 Å². The van der Waals surface area contributed by atoms with Crippen LogP contribution in [0.25, 0.3) is 0 Å². The molecule has 1 atom stereocenters. The molecule has 0 bridgehead atoms. The van der Waals surface area contributed by atoms with Gasteiger partial charge in [0.25, 0.3) is 0 Å². The number of hydrogen-bond acceptors (Lipinski definition) is 3. The average molecular weight is 395 g/mol. The van der Waals surface area contributed by atoms with Gasteiger partial charge < -0.3 is 5.32 Å². The van der Waals surface area contributed by atoms with Gasteiger partial charge in [-0.3, -0.25) is 9.10 Å². The molecular formula is C19H23ClN2O3S. The van der Waals surface area contributed by atoms with E-state index in [-0.39, 0.29) is 0 Å². The van der Waals surface area contributed by atoms with E-state index < -0.39 is 22.0 Å². The summed E-state index contributed by atoms with van der Waals surface area (Å²) in [6.07, 6.45) is 1.10. The second kappa shape index (κ2) is 7.68. The molecule has 140 valence electrons. The van der Waals surface area contributed by atoms with E-state index in [0.29, 0.717) is 16.4 Å². The van der Waals surface area contributed by atoms with E-state index in [0.717, 1.165) is 27.3 Å². The Morgan fingerprint density at radius 1 is 1.08 bits per heavy atom. The highest BCUT2D eigenvalue weighted by Crippen LogP contribution is 2.25. The van der Waals surface area contributed by atoms with E-state index in [2.05, 4.69) is 5.32 Å². The van der Waals surface area contributed by atoms with Crippen LogP contribution in [0.1, 0.15) is 23.6 Å². The summed E-state index contributed by atoms with van der Waals surface area (Å²) < 4.78 is 25.9. The lowest BCUT2D eigenvalue weighted by Gasteiger charge is -2.29. The van der Waals surface area contributed by atoms with Gasteiger partial charge in [-0.25, -0.2) is 8.42 Å². The Balaban J connectivity index is 2.37. The van der Waals surface area contributed by atoms with Crippen LogP contribution >= 0.6 is 11.6 Å². The topological polar surface area (TPSA) is 66.5 Å². The number of nitrogens with zero attached hydrogens (tertiary/aromatic N) is 1. The highest BCUT2D eigenvalue weighted by molar-refractivity contribution is 7.92. The number of carbonyl (C=O) groups is 1. The molecule has 0 aromatic heterocycles. The molecule has 0 aliphatic rings. The molecule has 7 heteroatoms. The first-order chi connectivity index (χ1) is 12.0. The molecule has 0 fully saturated rings. The summed E-state index contributed by atoms with van der Waals surface area (Å²) in [6, 6.07) is 9.65. The summed E-state index contributed by atoms with van der Waals surface area (Å²) in [4.78, 5) is 12.7. The molecule has 0 heterocycles. The predicted molar refractivity (Wildman–Crippen MR) is 108 cm³/mol. The van der Waals surface area contributed by atoms with Gasteiger partial charge in [-0.15, -0.1) is 0 Å². The third-order valence-electron chi connectivity index (χ3n) is 4.00. The third kappa shape index (κ3) is 4.77. The zero-order valence-electron chi connectivity index (χ0n) is 15.5. The lowest BCUT2D eigenvalue weighted by molar-refractivity contribution is -0.116. The quantitative estimate of drug-likeness (QED) is 0.831. The Kier molecular flexibility index (Phi) is 5.98. The molecule has 0 saturated carbocycles. The number of rotatable bonds is 5. The molecule has 2 rings (SSSR count). The van der Waals surface area contributed by atoms with Gasteiger partial charge in [0, 0.05) is 10.7 Å². The number of amides is 1. The summed E-state index contributed by atoms with van der Waals surface area (Å²) >= 11 is 5.94. The van der Waals surface area contributed by atoms with Crippen molar-refractivity contribution in [3.63, 3.8) is 0 Å². The van der Waals surface area contributed by atoms with Crippen molar-refractivity contribution in [2.24, 2.45) is 0 Å². The number of carbonyl (C=O) groups excluding carboxylic acids is 1. The van der Waals surface area contributed by atoms with Crippen LogP contribution < -0.4 is 9.62 Å². The highest BCUT2D eigenvalue weighted by atomic mass is 35.5. The Morgan fingerprint density at radius 3 is 2.15 bits per heavy atom. The summed E-state index contributed by atoms with van der Waals surface area (Å²) in [5.41, 5.74) is 3.72. The molecule has 1 N–H and O–H groups in total. The molecular weight excluding hydrogens is 372 g/mol. The van der Waals surface area contributed by atoms with Crippen molar-refractivity contribution in [3.05, 3.63) is 58.1 Å². The van der Waals surface area contributed by atoms with Gasteiger partial charge in [0.15, 0.2) is 0 Å². The Hall–Kier alpha value is -2.05. The minimum Gasteiger partial charge on any atom is -0.324 e. The molecule has 0 aliphatic carbocycles. The van der Waals surface area contributed by atoms with E-state index in [1.807, 2.05) is 26.8 Å². The van der Waals surface area contributed by atoms with Crippen LogP contribution in [-0.4, -0.2) is 26.6 Å². The van der Waals surface area contributed by atoms with Gasteiger partial charge in [-0.2, -0.15) is 0 Å². The molecule has 2 aromatic carbocycles. The maximum atomic E-state index is 12.7. The minimum absolute atomic E-state index is 0.417. The van der Waals surface area contributed by atoms with E-state index in [9.17, 15) is 13.2 Å². The number of halogens is 1. The predicted octanol–water partition coefficient (Wildman–Crippen LogP) is 4.06. The molecule has 0 unspecified atom stereocenters. The van der Waals surface area contributed by atoms with E-state index in [1.54, 1.807) is 37.3 Å². The lowest BCUT2D eigenvalue weighted by Crippen LogP contribution is -2.45. The number of benzene rings is 2. The lowest BCUT2D eigenvalue weighted by atomic mass is 10.1. The van der Waals surface area contributed by atoms with Crippen molar-refractivity contribution in [2.45, 2.75) is 33.7 Å². The summed E-state index contributed by atoms with van der Waals surface area (Å²) in [6.45, 7) is 7.17. The van der Waals surface area contributed by atoms with Gasteiger partial charge in [-0.05, 0) is 74.7 Å². The molecule has 2 aromatic rings. The van der Waals surface area contributed by atoms with Crippen molar-refractivity contribution in [1.29, 1.82) is 0 Å². The van der Waals surface area contributed by atoms with Gasteiger partial charge in [-0.1, -0.05) is 17.7 Å². The van der Waals surface area contributed by atoms with E-state index in [4.69, 9.17) is 11.6 Å². The SMILES string of the molecule is Cc1cc(C)cc(N([C@H](C)C(=O)Nc2ccc(Cl)cc2C)S(C)(=O)=O)c1. The van der Waals surface area contributed by atoms with Crippen LogP contribution in [0.5, 0.6) is 0 Å². The molecule has 0 saturated heterocycles. The first kappa shape index (κ1) is 20.3. The number of hydrogen-bond donors (Lipinski definition) is 1. The molecule has 0 radical (unpaired) electrons. The second-order valence-corrected chi connectivity index (χ2v) is 8.83. The second-order valence-electron chi connectivity index (χ2n) is 6.53. The van der Waals surface area contributed by atoms with Crippen LogP contribution in [0, 0.1) is 20.8 Å². The van der Waals surface area contributed by atoms with Crippen molar-refractivity contribution in [1.82, 2.24) is 0 Å². The average Bonchev–Trinajstić information content (AvgIpc) is 2.47. The van der Waals surface area contributed by atoms with Crippen LogP contribution in [0.2, 0.25) is 5.02 Å². The van der Waals surface area contributed by atoms with Crippen LogP contribution in [-0.2, 0) is 14.8 Å². The smallest absolute Gasteiger partial charge is 0.248 e. The fourth-order valence-electron chi connectivity index (χ4n) is 2.89.